The van der Waals surface area contributed by atoms with Crippen LogP contribution in [-0.4, -0.2) is 21.3 Å². The van der Waals surface area contributed by atoms with Crippen molar-refractivity contribution in [3.05, 3.63) is 32.6 Å². The van der Waals surface area contributed by atoms with Gasteiger partial charge in [-0.25, -0.2) is 0 Å². The zero-order valence-corrected chi connectivity index (χ0v) is 12.7. The number of ketones is 1. The Hall–Kier alpha value is -0.590. The molecule has 0 aliphatic rings. The summed E-state index contributed by atoms with van der Waals surface area (Å²) in [5.74, 6) is 0.607. The fourth-order valence-electron chi connectivity index (χ4n) is 1.40. The van der Waals surface area contributed by atoms with E-state index in [0.717, 1.165) is 19.4 Å². The molecule has 0 aromatic carbocycles. The molecule has 0 spiro atoms. The SMILES string of the molecule is Cc1cc(SCC(=O)c2ccc(Br)s2)n(C)n1. The van der Waals surface area contributed by atoms with E-state index in [1.807, 2.05) is 32.2 Å². The molecule has 90 valence electrons. The normalized spacial score (nSPS) is 10.8. The molecule has 2 heterocycles. The number of carbonyl (C=O) groups is 1. The lowest BCUT2D eigenvalue weighted by Gasteiger charge is -1.99. The maximum Gasteiger partial charge on any atom is 0.183 e. The van der Waals surface area contributed by atoms with Gasteiger partial charge in [0.15, 0.2) is 5.78 Å². The highest BCUT2D eigenvalue weighted by atomic mass is 79.9. The number of Topliss-reactive ketones (excluding diaryl/α,β-unsaturated/α-hetero) is 1. The van der Waals surface area contributed by atoms with E-state index >= 15 is 0 Å². The minimum absolute atomic E-state index is 0.157. The molecule has 0 aliphatic heterocycles. The number of halogens is 1. The second-order valence-corrected chi connectivity index (χ2v) is 7.02. The number of thiophene rings is 1. The molecular weight excluding hydrogens is 320 g/mol. The van der Waals surface area contributed by atoms with E-state index in [-0.39, 0.29) is 5.78 Å². The first-order valence-electron chi connectivity index (χ1n) is 4.98. The fourth-order valence-corrected chi connectivity index (χ4v) is 3.73. The maximum absolute atomic E-state index is 11.9. The molecule has 0 amide bonds. The standard InChI is InChI=1S/C11H11BrN2OS2/c1-7-5-11(14(2)13-7)16-6-8(15)9-3-4-10(12)17-9/h3-5H,6H2,1-2H3. The highest BCUT2D eigenvalue weighted by Gasteiger charge is 2.11. The predicted molar refractivity (Wildman–Crippen MR) is 75.0 cm³/mol. The van der Waals surface area contributed by atoms with Crippen LogP contribution in [0.15, 0.2) is 27.0 Å². The Morgan fingerprint density at radius 3 is 2.88 bits per heavy atom. The molecule has 2 aromatic rings. The molecule has 0 radical (unpaired) electrons. The van der Waals surface area contributed by atoms with Crippen LogP contribution in [0.4, 0.5) is 0 Å². The summed E-state index contributed by atoms with van der Waals surface area (Å²) in [7, 11) is 1.89. The van der Waals surface area contributed by atoms with Crippen LogP contribution in [0.5, 0.6) is 0 Å². The van der Waals surface area contributed by atoms with E-state index in [1.165, 1.54) is 23.1 Å². The molecule has 6 heteroatoms. The van der Waals surface area contributed by atoms with Crippen molar-refractivity contribution in [2.45, 2.75) is 11.9 Å². The Balaban J connectivity index is 1.99. The third kappa shape index (κ3) is 3.20. The summed E-state index contributed by atoms with van der Waals surface area (Å²) in [6, 6.07) is 5.74. The second kappa shape index (κ2) is 5.37. The molecule has 17 heavy (non-hydrogen) atoms. The molecule has 0 N–H and O–H groups in total. The van der Waals surface area contributed by atoms with Gasteiger partial charge in [0.05, 0.1) is 25.1 Å². The smallest absolute Gasteiger partial charge is 0.183 e. The number of aryl methyl sites for hydroxylation is 2. The summed E-state index contributed by atoms with van der Waals surface area (Å²) >= 11 is 6.35. The number of hydrogen-bond acceptors (Lipinski definition) is 4. The van der Waals surface area contributed by atoms with Crippen LogP contribution >= 0.6 is 39.0 Å². The van der Waals surface area contributed by atoms with Crippen molar-refractivity contribution in [3.63, 3.8) is 0 Å². The van der Waals surface area contributed by atoms with E-state index < -0.39 is 0 Å². The van der Waals surface area contributed by atoms with Crippen molar-refractivity contribution in [2.75, 3.05) is 5.75 Å². The highest BCUT2D eigenvalue weighted by Crippen LogP contribution is 2.25. The minimum Gasteiger partial charge on any atom is -0.292 e. The zero-order valence-electron chi connectivity index (χ0n) is 9.44. The molecule has 2 aromatic heterocycles. The van der Waals surface area contributed by atoms with Crippen molar-refractivity contribution in [1.82, 2.24) is 9.78 Å². The van der Waals surface area contributed by atoms with E-state index in [0.29, 0.717) is 5.75 Å². The molecule has 3 nitrogen and oxygen atoms in total. The van der Waals surface area contributed by atoms with Gasteiger partial charge in [0.2, 0.25) is 0 Å². The van der Waals surface area contributed by atoms with Crippen molar-refractivity contribution in [1.29, 1.82) is 0 Å². The summed E-state index contributed by atoms with van der Waals surface area (Å²) in [5, 5.41) is 5.27. The minimum atomic E-state index is 0.157. The van der Waals surface area contributed by atoms with Gasteiger partial charge in [-0.1, -0.05) is 11.8 Å². The largest absolute Gasteiger partial charge is 0.292 e. The van der Waals surface area contributed by atoms with Gasteiger partial charge in [-0.3, -0.25) is 9.48 Å². The predicted octanol–water partition coefficient (Wildman–Crippen LogP) is 3.53. The van der Waals surface area contributed by atoms with Gasteiger partial charge >= 0.3 is 0 Å². The average molecular weight is 331 g/mol. The summed E-state index contributed by atoms with van der Waals surface area (Å²) in [6.45, 7) is 1.95. The second-order valence-electron chi connectivity index (χ2n) is 3.56. The lowest BCUT2D eigenvalue weighted by molar-refractivity contribution is 0.102. The Kier molecular flexibility index (Phi) is 4.06. The van der Waals surface area contributed by atoms with Gasteiger partial charge in [0.25, 0.3) is 0 Å². The molecular formula is C11H11BrN2OS2. The summed E-state index contributed by atoms with van der Waals surface area (Å²) in [4.78, 5) is 12.7. The number of aromatic nitrogens is 2. The maximum atomic E-state index is 11.9. The summed E-state index contributed by atoms with van der Waals surface area (Å²) in [5.41, 5.74) is 0.973. The van der Waals surface area contributed by atoms with Crippen LogP contribution in [0, 0.1) is 6.92 Å². The van der Waals surface area contributed by atoms with Gasteiger partial charge < -0.3 is 0 Å². The van der Waals surface area contributed by atoms with Crippen molar-refractivity contribution >= 4 is 44.8 Å². The van der Waals surface area contributed by atoms with Gasteiger partial charge in [-0.05, 0) is 41.1 Å². The van der Waals surface area contributed by atoms with E-state index in [2.05, 4.69) is 21.0 Å². The number of rotatable bonds is 4. The zero-order chi connectivity index (χ0) is 12.4. The van der Waals surface area contributed by atoms with Crippen LogP contribution < -0.4 is 0 Å². The van der Waals surface area contributed by atoms with Crippen molar-refractivity contribution in [2.24, 2.45) is 7.05 Å². The van der Waals surface area contributed by atoms with E-state index in [4.69, 9.17) is 0 Å². The van der Waals surface area contributed by atoms with Gasteiger partial charge in [-0.15, -0.1) is 11.3 Å². The molecule has 0 fully saturated rings. The first-order chi connectivity index (χ1) is 8.06. The Morgan fingerprint density at radius 2 is 2.35 bits per heavy atom. The number of thioether (sulfide) groups is 1. The number of nitrogens with zero attached hydrogens (tertiary/aromatic N) is 2. The van der Waals surface area contributed by atoms with Crippen LogP contribution in [0.25, 0.3) is 0 Å². The van der Waals surface area contributed by atoms with Crippen LogP contribution in [0.3, 0.4) is 0 Å². The molecule has 2 rings (SSSR count). The van der Waals surface area contributed by atoms with Gasteiger partial charge in [0.1, 0.15) is 0 Å². The van der Waals surface area contributed by atoms with E-state index in [1.54, 1.807) is 4.68 Å². The Bertz CT molecular complexity index is 547. The van der Waals surface area contributed by atoms with Crippen LogP contribution in [0.1, 0.15) is 15.4 Å². The lowest BCUT2D eigenvalue weighted by atomic mass is 10.4. The van der Waals surface area contributed by atoms with Crippen molar-refractivity contribution < 1.29 is 4.79 Å². The Morgan fingerprint density at radius 1 is 1.59 bits per heavy atom. The first kappa shape index (κ1) is 12.9. The van der Waals surface area contributed by atoms with E-state index in [9.17, 15) is 4.79 Å². The molecule has 0 atom stereocenters. The highest BCUT2D eigenvalue weighted by molar-refractivity contribution is 9.11. The van der Waals surface area contributed by atoms with Crippen molar-refractivity contribution in [3.8, 4) is 0 Å². The van der Waals surface area contributed by atoms with Gasteiger partial charge in [0, 0.05) is 7.05 Å². The molecule has 0 saturated carbocycles. The first-order valence-corrected chi connectivity index (χ1v) is 7.58. The third-order valence-electron chi connectivity index (χ3n) is 2.16. The van der Waals surface area contributed by atoms with Crippen LogP contribution in [-0.2, 0) is 7.05 Å². The summed E-state index contributed by atoms with van der Waals surface area (Å²) < 4.78 is 2.79. The summed E-state index contributed by atoms with van der Waals surface area (Å²) in [6.07, 6.45) is 0. The topological polar surface area (TPSA) is 34.9 Å². The third-order valence-corrected chi connectivity index (χ3v) is 4.91. The van der Waals surface area contributed by atoms with Crippen LogP contribution in [0.2, 0.25) is 0 Å². The fraction of sp³-hybridized carbons (Fsp3) is 0.273. The molecule has 0 bridgehead atoms. The van der Waals surface area contributed by atoms with Gasteiger partial charge in [-0.2, -0.15) is 5.10 Å². The molecule has 0 saturated heterocycles. The lowest BCUT2D eigenvalue weighted by Crippen LogP contribution is -2.01. The Labute approximate surface area is 116 Å². The monoisotopic (exact) mass is 330 g/mol. The average Bonchev–Trinajstić information content (AvgIpc) is 2.82. The number of hydrogen-bond donors (Lipinski definition) is 0. The molecule has 0 aliphatic carbocycles. The quantitative estimate of drug-likeness (QED) is 0.635. The number of carbonyl (C=O) groups excluding carboxylic acids is 1. The molecule has 0 unspecified atom stereocenters.